The van der Waals surface area contributed by atoms with Crippen molar-refractivity contribution in [2.24, 2.45) is 0 Å². The molecule has 0 radical (unpaired) electrons. The summed E-state index contributed by atoms with van der Waals surface area (Å²) >= 11 is 0. The Bertz CT molecular complexity index is 1830. The van der Waals surface area contributed by atoms with Crippen LogP contribution in [-0.2, 0) is 19.1 Å². The minimum atomic E-state index is -1.45. The van der Waals surface area contributed by atoms with Gasteiger partial charge in [-0.05, 0) is 86.3 Å². The predicted molar refractivity (Wildman–Crippen MR) is 281 cm³/mol. The fraction of sp³-hybridized carbons (Fsp3) is 0.567. The van der Waals surface area contributed by atoms with Crippen LogP contribution >= 0.6 is 0 Å². The second-order valence-corrected chi connectivity index (χ2v) is 18.6. The van der Waals surface area contributed by atoms with Crippen LogP contribution in [0, 0.1) is 11.6 Å². The molecule has 72 heavy (non-hydrogen) atoms. The van der Waals surface area contributed by atoms with E-state index in [1.807, 2.05) is 0 Å². The number of rotatable bonds is 44. The van der Waals surface area contributed by atoms with Gasteiger partial charge in [0.1, 0.15) is 11.5 Å². The van der Waals surface area contributed by atoms with Gasteiger partial charge in [-0.2, -0.15) is 8.78 Å². The van der Waals surface area contributed by atoms with Gasteiger partial charge >= 0.3 is 23.9 Å². The van der Waals surface area contributed by atoms with E-state index in [0.717, 1.165) is 63.5 Å². The zero-order chi connectivity index (χ0) is 51.7. The zero-order valence-electron chi connectivity index (χ0n) is 43.2. The van der Waals surface area contributed by atoms with Gasteiger partial charge in [-0.15, -0.1) is 0 Å². The van der Waals surface area contributed by atoms with Crippen molar-refractivity contribution >= 4 is 23.9 Å². The summed E-state index contributed by atoms with van der Waals surface area (Å²) in [6, 6.07) is 14.6. The van der Waals surface area contributed by atoms with Gasteiger partial charge in [0.25, 0.3) is 0 Å². The molecule has 398 valence electrons. The highest BCUT2D eigenvalue weighted by molar-refractivity contribution is 5.92. The third kappa shape index (κ3) is 28.5. The Balaban J connectivity index is 1.17. The van der Waals surface area contributed by atoms with Crippen LogP contribution in [0.1, 0.15) is 213 Å². The lowest BCUT2D eigenvalue weighted by atomic mass is 10.0. The summed E-state index contributed by atoms with van der Waals surface area (Å²) in [5, 5.41) is 0. The van der Waals surface area contributed by atoms with Gasteiger partial charge in [0, 0.05) is 12.2 Å². The lowest BCUT2D eigenvalue weighted by molar-refractivity contribution is -0.138. The Hall–Kier alpha value is -5.52. The molecule has 0 aliphatic heterocycles. The van der Waals surface area contributed by atoms with Gasteiger partial charge in [0.15, 0.2) is 11.5 Å². The molecular weight excluding hydrogens is 919 g/mol. The monoisotopic (exact) mass is 1000 g/mol. The maximum absolute atomic E-state index is 15.0. The smallest absolute Gasteiger partial charge is 0.343 e. The van der Waals surface area contributed by atoms with Gasteiger partial charge in [-0.1, -0.05) is 180 Å². The van der Waals surface area contributed by atoms with Crippen LogP contribution in [0.25, 0.3) is 0 Å². The Kier molecular flexibility index (Phi) is 33.8. The third-order valence-electron chi connectivity index (χ3n) is 12.5. The molecule has 0 spiro atoms. The molecule has 0 aliphatic rings. The summed E-state index contributed by atoms with van der Waals surface area (Å²) in [5.41, 5.74) is 0.268. The van der Waals surface area contributed by atoms with Gasteiger partial charge in [0.2, 0.25) is 11.6 Å². The maximum Gasteiger partial charge on any atom is 0.343 e. The number of carbonyl (C=O) groups is 4. The van der Waals surface area contributed by atoms with Crippen LogP contribution in [-0.4, -0.2) is 50.3 Å². The van der Waals surface area contributed by atoms with Crippen molar-refractivity contribution in [2.75, 3.05) is 26.4 Å². The second-order valence-electron chi connectivity index (χ2n) is 18.6. The molecule has 10 nitrogen and oxygen atoms in total. The fourth-order valence-corrected chi connectivity index (χ4v) is 8.21. The standard InChI is InChI=1S/C60H84F2O10/c1-3-55(63)69-47-33-29-25-21-17-13-9-5-7-11-15-19-23-27-31-45-67-51-39-35-49(36-40-51)59(65)71-53-43-44-54(58(62)57(53)61)72-60(66)50-37-41-52(42-38-50)68-46-32-28-24-20-16-12-8-6-10-14-18-22-26-30-34-48-70-56(64)4-2/h3-4,35-44H,1-2,5-34,45-48H2. The molecule has 0 heterocycles. The molecular formula is C60H84F2O10. The van der Waals surface area contributed by atoms with Crippen LogP contribution in [0.15, 0.2) is 86.0 Å². The fourth-order valence-electron chi connectivity index (χ4n) is 8.21. The number of benzene rings is 3. The van der Waals surface area contributed by atoms with Crippen molar-refractivity contribution in [3.8, 4) is 23.0 Å². The van der Waals surface area contributed by atoms with Crippen molar-refractivity contribution < 1.29 is 56.4 Å². The van der Waals surface area contributed by atoms with E-state index in [1.54, 1.807) is 24.3 Å². The highest BCUT2D eigenvalue weighted by atomic mass is 19.2. The van der Waals surface area contributed by atoms with E-state index >= 15 is 8.78 Å². The number of halogens is 2. The van der Waals surface area contributed by atoms with Crippen molar-refractivity contribution in [1.29, 1.82) is 0 Å². The number of hydrogen-bond acceptors (Lipinski definition) is 10. The van der Waals surface area contributed by atoms with Gasteiger partial charge in [-0.25, -0.2) is 19.2 Å². The van der Waals surface area contributed by atoms with E-state index in [4.69, 9.17) is 28.4 Å². The topological polar surface area (TPSA) is 124 Å². The summed E-state index contributed by atoms with van der Waals surface area (Å²) in [7, 11) is 0. The number of unbranched alkanes of at least 4 members (excludes halogenated alkanes) is 28. The summed E-state index contributed by atoms with van der Waals surface area (Å²) in [4.78, 5) is 47.6. The Morgan fingerprint density at radius 1 is 0.347 bits per heavy atom. The van der Waals surface area contributed by atoms with E-state index in [-0.39, 0.29) is 23.1 Å². The third-order valence-corrected chi connectivity index (χ3v) is 12.5. The van der Waals surface area contributed by atoms with Gasteiger partial charge in [-0.3, -0.25) is 0 Å². The van der Waals surface area contributed by atoms with Crippen LogP contribution in [0.4, 0.5) is 8.78 Å². The van der Waals surface area contributed by atoms with Gasteiger partial charge in [0.05, 0.1) is 37.6 Å². The first-order valence-corrected chi connectivity index (χ1v) is 27.2. The van der Waals surface area contributed by atoms with Crippen molar-refractivity contribution in [1.82, 2.24) is 0 Å². The molecule has 0 bridgehead atoms. The lowest BCUT2D eigenvalue weighted by Crippen LogP contribution is -2.12. The Morgan fingerprint density at radius 3 is 0.833 bits per heavy atom. The number of ether oxygens (including phenoxy) is 6. The molecule has 3 aromatic carbocycles. The summed E-state index contributed by atoms with van der Waals surface area (Å²) in [6.07, 6.45) is 38.1. The molecule has 0 aliphatic carbocycles. The first-order chi connectivity index (χ1) is 35.2. The molecule has 0 saturated carbocycles. The summed E-state index contributed by atoms with van der Waals surface area (Å²) in [5.74, 6) is -5.43. The minimum absolute atomic E-state index is 0.134. The van der Waals surface area contributed by atoms with Crippen molar-refractivity contribution in [3.05, 3.63) is 109 Å². The summed E-state index contributed by atoms with van der Waals surface area (Å²) < 4.78 is 62.0. The summed E-state index contributed by atoms with van der Waals surface area (Å²) in [6.45, 7) is 8.88. The quantitative estimate of drug-likeness (QED) is 0.0234. The molecule has 3 rings (SSSR count). The van der Waals surface area contributed by atoms with E-state index in [1.165, 1.54) is 178 Å². The van der Waals surface area contributed by atoms with E-state index in [9.17, 15) is 19.2 Å². The van der Waals surface area contributed by atoms with Crippen LogP contribution in [0.2, 0.25) is 0 Å². The average molecular weight is 1000 g/mol. The SMILES string of the molecule is C=CC(=O)OCCCCCCCCCCCCCCCCCOc1ccc(C(=O)Oc2ccc(OC(=O)c3ccc(OCCCCCCCCCCCCCCCCCOC(=O)C=C)cc3)c(F)c2F)cc1. The molecule has 3 aromatic rings. The Labute approximate surface area is 429 Å². The first kappa shape index (κ1) is 60.8. The van der Waals surface area contributed by atoms with E-state index < -0.39 is 35.1 Å². The normalized spacial score (nSPS) is 10.9. The Morgan fingerprint density at radius 2 is 0.583 bits per heavy atom. The number of esters is 4. The van der Waals surface area contributed by atoms with Gasteiger partial charge < -0.3 is 28.4 Å². The molecule has 0 saturated heterocycles. The highest BCUT2D eigenvalue weighted by Gasteiger charge is 2.21. The molecule has 0 aromatic heterocycles. The number of hydrogen-bond donors (Lipinski definition) is 0. The predicted octanol–water partition coefficient (Wildman–Crippen LogP) is 16.3. The van der Waals surface area contributed by atoms with Crippen molar-refractivity contribution in [3.63, 3.8) is 0 Å². The van der Waals surface area contributed by atoms with E-state index in [2.05, 4.69) is 13.2 Å². The van der Waals surface area contributed by atoms with Crippen LogP contribution < -0.4 is 18.9 Å². The molecule has 0 N–H and O–H groups in total. The number of carbonyl (C=O) groups excluding carboxylic acids is 4. The molecule has 0 unspecified atom stereocenters. The molecule has 12 heteroatoms. The second kappa shape index (κ2) is 40.0. The molecule has 0 fully saturated rings. The molecule has 0 amide bonds. The van der Waals surface area contributed by atoms with Crippen LogP contribution in [0.3, 0.4) is 0 Å². The lowest BCUT2D eigenvalue weighted by Gasteiger charge is -2.11. The maximum atomic E-state index is 15.0. The molecule has 0 atom stereocenters. The average Bonchev–Trinajstić information content (AvgIpc) is 3.39. The van der Waals surface area contributed by atoms with E-state index in [0.29, 0.717) is 37.9 Å². The van der Waals surface area contributed by atoms with Crippen LogP contribution in [0.5, 0.6) is 23.0 Å². The first-order valence-electron chi connectivity index (χ1n) is 27.2. The minimum Gasteiger partial charge on any atom is -0.494 e. The highest BCUT2D eigenvalue weighted by Crippen LogP contribution is 2.29. The largest absolute Gasteiger partial charge is 0.494 e. The van der Waals surface area contributed by atoms with Crippen molar-refractivity contribution in [2.45, 2.75) is 193 Å². The zero-order valence-corrected chi connectivity index (χ0v) is 43.2.